The first kappa shape index (κ1) is 18.4. The molecule has 1 aromatic rings. The topological polar surface area (TPSA) is 57.2 Å². The number of hydrogen-bond acceptors (Lipinski definition) is 6. The predicted molar refractivity (Wildman–Crippen MR) is 103 cm³/mol. The van der Waals surface area contributed by atoms with E-state index in [1.807, 2.05) is 6.07 Å². The van der Waals surface area contributed by atoms with Crippen molar-refractivity contribution in [1.82, 2.24) is 4.90 Å². The lowest BCUT2D eigenvalue weighted by atomic mass is 9.52. The molecule has 2 bridgehead atoms. The molecule has 152 valence electrons. The second-order valence-electron chi connectivity index (χ2n) is 8.51. The maximum absolute atomic E-state index is 12.6. The molecule has 3 fully saturated rings. The zero-order valence-electron chi connectivity index (χ0n) is 16.7. The fourth-order valence-electron chi connectivity index (χ4n) is 6.11. The molecule has 0 amide bonds. The average Bonchev–Trinajstić information content (AvgIpc) is 3.09. The molecule has 2 saturated heterocycles. The molecule has 4 atom stereocenters. The summed E-state index contributed by atoms with van der Waals surface area (Å²) < 4.78 is 21.7. The predicted octanol–water partition coefficient (Wildman–Crippen LogP) is 1.97. The highest BCUT2D eigenvalue weighted by atomic mass is 16.6. The Balaban J connectivity index is 0.000000246. The van der Waals surface area contributed by atoms with Crippen LogP contribution in [0, 0.1) is 5.92 Å². The maximum Gasteiger partial charge on any atom is 0.174 e. The average molecular weight is 387 g/mol. The highest BCUT2D eigenvalue weighted by Crippen LogP contribution is 2.63. The highest BCUT2D eigenvalue weighted by molar-refractivity contribution is 5.89. The van der Waals surface area contributed by atoms with Crippen LogP contribution in [0.1, 0.15) is 30.4 Å². The number of hydrogen-bond donors (Lipinski definition) is 0. The van der Waals surface area contributed by atoms with E-state index >= 15 is 0 Å². The molecule has 3 aliphatic heterocycles. The molecular formula is C22H29NO5. The lowest BCUT2D eigenvalue weighted by molar-refractivity contribution is -0.138. The maximum atomic E-state index is 12.6. The fourth-order valence-corrected chi connectivity index (χ4v) is 6.11. The zero-order chi connectivity index (χ0) is 19.3. The van der Waals surface area contributed by atoms with Crippen molar-refractivity contribution in [3.8, 4) is 11.5 Å². The SMILES string of the molecule is C1COCCO1.COc1ccc2c3c1O[C@H]1C(=O)CC[C@H]4[C@@H](C2)N(C)CC[C@]314. The van der Waals surface area contributed by atoms with Gasteiger partial charge in [0.05, 0.1) is 33.5 Å². The van der Waals surface area contributed by atoms with Gasteiger partial charge in [0.15, 0.2) is 23.4 Å². The number of benzene rings is 1. The molecule has 5 aliphatic rings. The first-order valence-corrected chi connectivity index (χ1v) is 10.4. The number of carbonyl (C=O) groups is 1. The van der Waals surface area contributed by atoms with Crippen molar-refractivity contribution >= 4 is 5.78 Å². The molecule has 1 spiro atoms. The van der Waals surface area contributed by atoms with Gasteiger partial charge in [-0.15, -0.1) is 0 Å². The molecule has 0 unspecified atom stereocenters. The van der Waals surface area contributed by atoms with Crippen LogP contribution in [0.3, 0.4) is 0 Å². The Morgan fingerprint density at radius 3 is 2.61 bits per heavy atom. The van der Waals surface area contributed by atoms with Crippen LogP contribution in [0.2, 0.25) is 0 Å². The number of piperidine rings is 1. The Morgan fingerprint density at radius 2 is 1.93 bits per heavy atom. The van der Waals surface area contributed by atoms with Gasteiger partial charge >= 0.3 is 0 Å². The van der Waals surface area contributed by atoms with Gasteiger partial charge in [0.2, 0.25) is 0 Å². The molecule has 6 heteroatoms. The van der Waals surface area contributed by atoms with Crippen molar-refractivity contribution in [2.24, 2.45) is 5.92 Å². The smallest absolute Gasteiger partial charge is 0.174 e. The Labute approximate surface area is 166 Å². The summed E-state index contributed by atoms with van der Waals surface area (Å²) in [6.45, 7) is 4.16. The van der Waals surface area contributed by atoms with Gasteiger partial charge in [-0.2, -0.15) is 0 Å². The van der Waals surface area contributed by atoms with Gasteiger partial charge in [0.1, 0.15) is 0 Å². The van der Waals surface area contributed by atoms with E-state index in [1.54, 1.807) is 7.11 Å². The minimum Gasteiger partial charge on any atom is -0.493 e. The van der Waals surface area contributed by atoms with Crippen LogP contribution in [0.5, 0.6) is 11.5 Å². The van der Waals surface area contributed by atoms with Crippen molar-refractivity contribution in [3.05, 3.63) is 23.3 Å². The van der Waals surface area contributed by atoms with Crippen molar-refractivity contribution in [2.45, 2.75) is 43.2 Å². The van der Waals surface area contributed by atoms with Gasteiger partial charge in [0, 0.05) is 23.4 Å². The van der Waals surface area contributed by atoms with E-state index in [0.717, 1.165) is 63.7 Å². The fraction of sp³-hybridized carbons (Fsp3) is 0.682. The van der Waals surface area contributed by atoms with E-state index in [2.05, 4.69) is 18.0 Å². The number of ether oxygens (including phenoxy) is 4. The monoisotopic (exact) mass is 387 g/mol. The molecule has 2 aliphatic carbocycles. The van der Waals surface area contributed by atoms with Gasteiger partial charge < -0.3 is 23.8 Å². The summed E-state index contributed by atoms with van der Waals surface area (Å²) in [6, 6.07) is 4.73. The van der Waals surface area contributed by atoms with Gasteiger partial charge in [0.25, 0.3) is 0 Å². The number of rotatable bonds is 1. The molecule has 6 rings (SSSR count). The van der Waals surface area contributed by atoms with Crippen LogP contribution in [-0.2, 0) is 26.1 Å². The normalized spacial score (nSPS) is 35.4. The van der Waals surface area contributed by atoms with Crippen molar-refractivity contribution in [3.63, 3.8) is 0 Å². The van der Waals surface area contributed by atoms with Gasteiger partial charge in [-0.05, 0) is 50.4 Å². The number of likely N-dealkylation sites (N-methyl/N-ethyl adjacent to an activating group) is 1. The molecule has 0 radical (unpaired) electrons. The van der Waals surface area contributed by atoms with Gasteiger partial charge in [-0.3, -0.25) is 4.79 Å². The number of methoxy groups -OCH3 is 1. The summed E-state index contributed by atoms with van der Waals surface area (Å²) >= 11 is 0. The summed E-state index contributed by atoms with van der Waals surface area (Å²) in [7, 11) is 3.91. The van der Waals surface area contributed by atoms with E-state index < -0.39 is 0 Å². The third kappa shape index (κ3) is 2.54. The third-order valence-corrected chi connectivity index (χ3v) is 7.33. The molecule has 3 heterocycles. The largest absolute Gasteiger partial charge is 0.493 e. The van der Waals surface area contributed by atoms with Crippen LogP contribution in [-0.4, -0.2) is 70.0 Å². The molecule has 1 aromatic carbocycles. The molecule has 0 N–H and O–H groups in total. The quantitative estimate of drug-likeness (QED) is 0.734. The Morgan fingerprint density at radius 1 is 1.18 bits per heavy atom. The standard InChI is InChI=1S/C18H21NO3.C4H8O2/c1-19-8-7-18-11-4-5-13(20)17(18)22-16-14(21-2)6-3-10(15(16)18)9-12(11)19;1-2-6-4-3-5-1/h3,6,11-12,17H,4-5,7-9H2,1-2H3;1-4H2/t11-,12+,17-,18-;/m0./s1. The number of carbonyl (C=O) groups excluding carboxylic acids is 1. The van der Waals surface area contributed by atoms with Crippen LogP contribution in [0.25, 0.3) is 0 Å². The van der Waals surface area contributed by atoms with E-state index in [4.69, 9.17) is 18.9 Å². The molecule has 0 aromatic heterocycles. The molecule has 6 nitrogen and oxygen atoms in total. The first-order chi connectivity index (χ1) is 13.7. The van der Waals surface area contributed by atoms with Crippen LogP contribution in [0.4, 0.5) is 0 Å². The Kier molecular flexibility index (Phi) is 4.61. The minimum atomic E-state index is -0.284. The summed E-state index contributed by atoms with van der Waals surface area (Å²) in [6.07, 6.45) is 3.47. The van der Waals surface area contributed by atoms with E-state index in [0.29, 0.717) is 18.4 Å². The summed E-state index contributed by atoms with van der Waals surface area (Å²) in [5, 5.41) is 0. The lowest BCUT2D eigenvalue weighted by Gasteiger charge is -2.57. The van der Waals surface area contributed by atoms with Crippen LogP contribution < -0.4 is 9.47 Å². The number of ketones is 1. The molecular weight excluding hydrogens is 358 g/mol. The summed E-state index contributed by atoms with van der Waals surface area (Å²) in [5.74, 6) is 2.46. The third-order valence-electron chi connectivity index (χ3n) is 7.33. The first-order valence-electron chi connectivity index (χ1n) is 10.4. The van der Waals surface area contributed by atoms with Crippen molar-refractivity contribution in [1.29, 1.82) is 0 Å². The van der Waals surface area contributed by atoms with E-state index in [9.17, 15) is 4.79 Å². The number of nitrogens with zero attached hydrogens (tertiary/aromatic N) is 1. The Bertz CT molecular complexity index is 765. The molecule has 1 saturated carbocycles. The highest BCUT2D eigenvalue weighted by Gasteiger charge is 2.65. The van der Waals surface area contributed by atoms with Crippen molar-refractivity contribution in [2.75, 3.05) is 47.1 Å². The van der Waals surface area contributed by atoms with Gasteiger partial charge in [-0.1, -0.05) is 6.07 Å². The van der Waals surface area contributed by atoms with E-state index in [1.165, 1.54) is 11.1 Å². The zero-order valence-corrected chi connectivity index (χ0v) is 16.7. The number of Topliss-reactive ketones (excluding diaryl/α,β-unsaturated/α-hetero) is 1. The van der Waals surface area contributed by atoms with Crippen LogP contribution >= 0.6 is 0 Å². The van der Waals surface area contributed by atoms with E-state index in [-0.39, 0.29) is 17.3 Å². The van der Waals surface area contributed by atoms with Crippen molar-refractivity contribution < 1.29 is 23.7 Å². The second kappa shape index (κ2) is 7.01. The minimum absolute atomic E-state index is 0.0933. The van der Waals surface area contributed by atoms with Crippen LogP contribution in [0.15, 0.2) is 12.1 Å². The lowest BCUT2D eigenvalue weighted by Crippen LogP contribution is -2.65. The number of likely N-dealkylation sites (tertiary alicyclic amines) is 1. The summed E-state index contributed by atoms with van der Waals surface area (Å²) in [5.41, 5.74) is 2.57. The second-order valence-corrected chi connectivity index (χ2v) is 8.51. The summed E-state index contributed by atoms with van der Waals surface area (Å²) in [4.78, 5) is 15.1. The van der Waals surface area contributed by atoms with Gasteiger partial charge in [-0.25, -0.2) is 0 Å². The molecule has 28 heavy (non-hydrogen) atoms. The Hall–Kier alpha value is -1.63.